The third kappa shape index (κ3) is 14.7. The maximum absolute atomic E-state index is 12.9. The maximum Gasteiger partial charge on any atom is 0.296 e. The molecule has 34 heteroatoms. The molecule has 4 aromatic rings. The Kier molecular flexibility index (Phi) is 18.5. The maximum atomic E-state index is 12.9. The van der Waals surface area contributed by atoms with Gasteiger partial charge in [-0.3, -0.25) is 17.5 Å². The van der Waals surface area contributed by atoms with Crippen molar-refractivity contribution in [1.29, 1.82) is 0 Å². The van der Waals surface area contributed by atoms with Crippen LogP contribution in [0.4, 0.5) is 28.4 Å². The van der Waals surface area contributed by atoms with Crippen molar-refractivity contribution in [3.63, 3.8) is 0 Å². The zero-order valence-electron chi connectivity index (χ0n) is 29.7. The van der Waals surface area contributed by atoms with E-state index < -0.39 is 85.1 Å². The van der Waals surface area contributed by atoms with Crippen molar-refractivity contribution < 1.29 is 100 Å². The predicted molar refractivity (Wildman–Crippen MR) is 208 cm³/mol. The van der Waals surface area contributed by atoms with Gasteiger partial charge in [-0.25, -0.2) is 32.6 Å². The van der Waals surface area contributed by atoms with Crippen molar-refractivity contribution in [3.05, 3.63) is 60.7 Å². The second kappa shape index (κ2) is 22.6. The normalized spacial score (nSPS) is 12.9. The van der Waals surface area contributed by atoms with Gasteiger partial charge in [0.25, 0.3) is 20.2 Å². The van der Waals surface area contributed by atoms with Gasteiger partial charge in [0.1, 0.15) is 27.8 Å². The van der Waals surface area contributed by atoms with Gasteiger partial charge in [-0.1, -0.05) is 21.2 Å². The Hall–Kier alpha value is -3.73. The summed E-state index contributed by atoms with van der Waals surface area (Å²) in [6.45, 7) is -0.926. The zero-order chi connectivity index (χ0) is 44.8. The highest BCUT2D eigenvalue weighted by atomic mass is 32.2. The summed E-state index contributed by atoms with van der Waals surface area (Å²) < 4.78 is 141. The lowest BCUT2D eigenvalue weighted by Crippen LogP contribution is -2.13. The summed E-state index contributed by atoms with van der Waals surface area (Å²) in [6, 6.07) is 10.9. The minimum atomic E-state index is -5.23. The molecule has 334 valence electrons. The van der Waals surface area contributed by atoms with Crippen LogP contribution in [0.2, 0.25) is 0 Å². The first-order chi connectivity index (χ1) is 28.8. The number of rotatable bonds is 25. The summed E-state index contributed by atoms with van der Waals surface area (Å²) in [6.07, 6.45) is 0. The van der Waals surface area contributed by atoms with E-state index in [0.717, 1.165) is 24.3 Å². The second-order valence-electron chi connectivity index (χ2n) is 11.0. The molecule has 0 atom stereocenters. The first-order valence-corrected chi connectivity index (χ1v) is 23.9. The van der Waals surface area contributed by atoms with Crippen LogP contribution < -0.4 is 5.32 Å². The lowest BCUT2D eigenvalue weighted by molar-refractivity contribution is -0.434. The molecular weight excluding hydrogens is 971 g/mol. The molecule has 4 rings (SSSR count). The van der Waals surface area contributed by atoms with Crippen LogP contribution in [0.5, 0.6) is 5.75 Å². The van der Waals surface area contributed by atoms with Gasteiger partial charge in [-0.05, 0) is 54.6 Å². The molecule has 0 aromatic heterocycles. The molecule has 0 unspecified atom stereocenters. The molecule has 0 aliphatic carbocycles. The van der Waals surface area contributed by atoms with Crippen molar-refractivity contribution >= 4 is 116 Å². The number of benzene rings is 4. The number of aromatic hydroxyl groups is 1. The monoisotopic (exact) mass is 997 g/mol. The largest absolute Gasteiger partial charge is 0.505 e. The van der Waals surface area contributed by atoms with Crippen molar-refractivity contribution in [2.45, 2.75) is 19.6 Å². The molecule has 0 saturated heterocycles. The number of hydrogen-bond acceptors (Lipinski definition) is 28. The van der Waals surface area contributed by atoms with E-state index in [1.54, 1.807) is 0 Å². The fourth-order valence-electron chi connectivity index (χ4n) is 4.62. The molecule has 0 aliphatic heterocycles. The van der Waals surface area contributed by atoms with E-state index in [2.05, 4.69) is 53.9 Å². The van der Waals surface area contributed by atoms with Gasteiger partial charge in [0, 0.05) is 10.8 Å². The number of fused-ring (bicyclic) bond motifs is 1. The quantitative estimate of drug-likeness (QED) is 0.0102. The van der Waals surface area contributed by atoms with Crippen molar-refractivity contribution in [1.82, 2.24) is 0 Å². The highest BCUT2D eigenvalue weighted by molar-refractivity contribution is 7.94. The van der Waals surface area contributed by atoms with Gasteiger partial charge in [0.15, 0.2) is 50.1 Å². The Balaban J connectivity index is 1.82. The topological polar surface area (TPSA) is 393 Å². The Labute approximate surface area is 356 Å². The van der Waals surface area contributed by atoms with Crippen LogP contribution in [0, 0.1) is 0 Å². The molecular formula is C27H27N5O22S7. The van der Waals surface area contributed by atoms with Gasteiger partial charge in [-0.15, -0.1) is 28.3 Å². The second-order valence-corrected chi connectivity index (χ2v) is 19.8. The highest BCUT2D eigenvalue weighted by Gasteiger charge is 2.24. The smallest absolute Gasteiger partial charge is 0.296 e. The minimum absolute atomic E-state index is 0.0500. The van der Waals surface area contributed by atoms with Gasteiger partial charge < -0.3 is 10.4 Å². The van der Waals surface area contributed by atoms with Gasteiger partial charge in [-0.2, -0.15) is 21.9 Å². The van der Waals surface area contributed by atoms with E-state index in [-0.39, 0.29) is 86.6 Å². The number of phenols is 1. The number of anilines is 1. The van der Waals surface area contributed by atoms with E-state index in [1.807, 2.05) is 0 Å². The Morgan fingerprint density at radius 3 is 1.84 bits per heavy atom. The van der Waals surface area contributed by atoms with E-state index in [0.29, 0.717) is 6.07 Å². The summed E-state index contributed by atoms with van der Waals surface area (Å²) in [5.74, 6) is -3.09. The first-order valence-electron chi connectivity index (χ1n) is 15.5. The molecule has 4 aromatic carbocycles. The SMILES string of the molecule is O=S(=O)(O)CNc1ccc2c(O)c(N=Nc3cccc(S(=O)(=O)CCOSOOO)c3)c(SOOO)cc2c1N=Nc1ccc(S(=O)(=O)CCOSOOO)cc1S(=O)(=O)O. The number of hydrogen-bond donors (Lipinski definition) is 7. The van der Waals surface area contributed by atoms with Crippen LogP contribution in [-0.4, -0.2) is 94.3 Å². The molecule has 27 nitrogen and oxygen atoms in total. The Morgan fingerprint density at radius 2 is 1.25 bits per heavy atom. The van der Waals surface area contributed by atoms with Crippen LogP contribution >= 0.6 is 36.7 Å². The van der Waals surface area contributed by atoms with Crippen LogP contribution in [0.15, 0.2) is 101 Å². The molecule has 0 saturated carbocycles. The lowest BCUT2D eigenvalue weighted by Gasteiger charge is -2.14. The first kappa shape index (κ1) is 49.9. The number of azo groups is 2. The average molecular weight is 998 g/mol. The predicted octanol–water partition coefficient (Wildman–Crippen LogP) is 5.86. The highest BCUT2D eigenvalue weighted by Crippen LogP contribution is 2.48. The van der Waals surface area contributed by atoms with Crippen molar-refractivity contribution in [2.75, 3.05) is 35.9 Å². The Morgan fingerprint density at radius 1 is 0.639 bits per heavy atom. The summed E-state index contributed by atoms with van der Waals surface area (Å²) in [5, 5.41) is 64.9. The lowest BCUT2D eigenvalue weighted by atomic mass is 10.1. The van der Waals surface area contributed by atoms with Gasteiger partial charge in [0.2, 0.25) is 0 Å². The summed E-state index contributed by atoms with van der Waals surface area (Å²) in [5.41, 5.74) is -1.70. The van der Waals surface area contributed by atoms with E-state index in [4.69, 9.17) is 24.1 Å². The van der Waals surface area contributed by atoms with Crippen LogP contribution in [-0.2, 0) is 76.4 Å². The van der Waals surface area contributed by atoms with Crippen molar-refractivity contribution in [3.8, 4) is 5.75 Å². The number of nitrogens with zero attached hydrogens (tertiary/aromatic N) is 4. The Bertz CT molecular complexity index is 2690. The summed E-state index contributed by atoms with van der Waals surface area (Å²) in [4.78, 5) is -2.11. The number of phenolic OH excluding ortho intramolecular Hbond substituents is 1. The number of nitrogens with one attached hydrogen (secondary N) is 1. The molecule has 0 spiro atoms. The summed E-state index contributed by atoms with van der Waals surface area (Å²) in [7, 11) is -18.2. The molecule has 0 fully saturated rings. The minimum Gasteiger partial charge on any atom is -0.505 e. The van der Waals surface area contributed by atoms with E-state index in [1.165, 1.54) is 30.3 Å². The number of sulfone groups is 2. The molecule has 7 N–H and O–H groups in total. The third-order valence-electron chi connectivity index (χ3n) is 7.16. The average Bonchev–Trinajstić information content (AvgIpc) is 3.20. The fraction of sp³-hybridized carbons (Fsp3) is 0.185. The van der Waals surface area contributed by atoms with Crippen LogP contribution in [0.25, 0.3) is 10.8 Å². The van der Waals surface area contributed by atoms with E-state index >= 15 is 0 Å². The molecule has 0 heterocycles. The molecule has 0 bridgehead atoms. The summed E-state index contributed by atoms with van der Waals surface area (Å²) >= 11 is 0.497. The zero-order valence-corrected chi connectivity index (χ0v) is 35.4. The molecule has 0 aliphatic rings. The van der Waals surface area contributed by atoms with Crippen LogP contribution in [0.1, 0.15) is 0 Å². The third-order valence-corrected chi connectivity index (χ3v) is 13.3. The molecule has 61 heavy (non-hydrogen) atoms. The van der Waals surface area contributed by atoms with Crippen LogP contribution in [0.3, 0.4) is 0 Å². The molecule has 0 amide bonds. The fourth-order valence-corrected chi connectivity index (χ4v) is 9.04. The van der Waals surface area contributed by atoms with Crippen molar-refractivity contribution in [2.24, 2.45) is 20.5 Å². The van der Waals surface area contributed by atoms with Gasteiger partial charge in [0.05, 0.1) is 62.8 Å². The van der Waals surface area contributed by atoms with Gasteiger partial charge >= 0.3 is 0 Å². The molecule has 0 radical (unpaired) electrons. The standard InChI is InChI=1S/C27H27N5O22S7/c33-27-19-5-7-22(28-15-60(41,42)43)25(31-30-21-6-4-18(13-24(21)61(44,45)46)59(39,40)11-9-48-57-54-51-36)20(19)14-23(55-52-49-34)26(27)32-29-16-2-1-3-17(12-16)58(37,38)10-8-47-56-53-50-35/h1-7,12-14,28,33-36H,8-11,15H2,(H,41,42,43)(H,44,45,46). The van der Waals surface area contributed by atoms with E-state index in [9.17, 15) is 47.9 Å².